The zero-order valence-electron chi connectivity index (χ0n) is 21.0. The molecule has 2 nitrogen and oxygen atoms in total. The highest BCUT2D eigenvalue weighted by atomic mass is 16.5. The van der Waals surface area contributed by atoms with Gasteiger partial charge in [0.2, 0.25) is 0 Å². The molecule has 178 valence electrons. The van der Waals surface area contributed by atoms with Gasteiger partial charge in [-0.2, -0.15) is 0 Å². The average Bonchev–Trinajstić information content (AvgIpc) is 3.70. The van der Waals surface area contributed by atoms with Crippen LogP contribution in [0.4, 0.5) is 0 Å². The maximum absolute atomic E-state index is 5.54. The Hall–Kier alpha value is -2.58. The summed E-state index contributed by atoms with van der Waals surface area (Å²) >= 11 is 0. The van der Waals surface area contributed by atoms with Gasteiger partial charge in [-0.05, 0) is 108 Å². The van der Waals surface area contributed by atoms with E-state index < -0.39 is 0 Å². The quantitative estimate of drug-likeness (QED) is 0.345. The normalized spacial score (nSPS) is 19.8. The standard InChI is InChI=1S/C32H39NO/c1-22(2)25-10-12-26(13-11-25)30-16-14-28-20-29(34-3)15-17-31(28)32(30)27-8-6-23(7-9-27)18-19-33-21-24-4-5-24/h6-13,15,17,20,22,24,30,32-33H,4-5,14,16,18-19,21H2,1-3H3/t30-,32+/m1/s1. The Balaban J connectivity index is 1.41. The summed E-state index contributed by atoms with van der Waals surface area (Å²) in [6.07, 6.45) is 6.20. The molecule has 3 aromatic carbocycles. The Labute approximate surface area is 205 Å². The molecule has 1 N–H and O–H groups in total. The van der Waals surface area contributed by atoms with Crippen LogP contribution in [0.15, 0.2) is 66.7 Å². The number of hydrogen-bond acceptors (Lipinski definition) is 2. The van der Waals surface area contributed by atoms with Crippen LogP contribution >= 0.6 is 0 Å². The highest BCUT2D eigenvalue weighted by Crippen LogP contribution is 2.47. The summed E-state index contributed by atoms with van der Waals surface area (Å²) < 4.78 is 5.54. The predicted octanol–water partition coefficient (Wildman–Crippen LogP) is 7.22. The van der Waals surface area contributed by atoms with E-state index in [1.54, 1.807) is 7.11 Å². The smallest absolute Gasteiger partial charge is 0.119 e. The monoisotopic (exact) mass is 453 g/mol. The fourth-order valence-corrected chi connectivity index (χ4v) is 5.58. The van der Waals surface area contributed by atoms with Crippen molar-refractivity contribution in [3.8, 4) is 5.75 Å². The van der Waals surface area contributed by atoms with Gasteiger partial charge in [0.25, 0.3) is 0 Å². The van der Waals surface area contributed by atoms with Crippen LogP contribution in [0.1, 0.15) is 84.2 Å². The molecule has 0 aromatic heterocycles. The lowest BCUT2D eigenvalue weighted by molar-refractivity contribution is 0.412. The molecule has 2 heteroatoms. The second-order valence-corrected chi connectivity index (χ2v) is 10.6. The van der Waals surface area contributed by atoms with Crippen molar-refractivity contribution in [3.63, 3.8) is 0 Å². The summed E-state index contributed by atoms with van der Waals surface area (Å²) in [5.74, 6) is 3.34. The lowest BCUT2D eigenvalue weighted by atomic mass is 9.69. The summed E-state index contributed by atoms with van der Waals surface area (Å²) in [4.78, 5) is 0. The van der Waals surface area contributed by atoms with Crippen LogP contribution in [0, 0.1) is 5.92 Å². The second-order valence-electron chi connectivity index (χ2n) is 10.6. The third-order valence-corrected chi connectivity index (χ3v) is 7.90. The van der Waals surface area contributed by atoms with Crippen LogP contribution in [0.3, 0.4) is 0 Å². The fraction of sp³-hybridized carbons (Fsp3) is 0.438. The van der Waals surface area contributed by atoms with Crippen LogP contribution in [0.2, 0.25) is 0 Å². The van der Waals surface area contributed by atoms with E-state index in [2.05, 4.69) is 85.9 Å². The van der Waals surface area contributed by atoms with Gasteiger partial charge in [-0.25, -0.2) is 0 Å². The van der Waals surface area contributed by atoms with Gasteiger partial charge in [0.1, 0.15) is 5.75 Å². The summed E-state index contributed by atoms with van der Waals surface area (Å²) in [5, 5.41) is 3.63. The number of benzene rings is 3. The molecule has 1 saturated carbocycles. The van der Waals surface area contributed by atoms with Gasteiger partial charge in [0, 0.05) is 5.92 Å². The number of fused-ring (bicyclic) bond motifs is 1. The molecule has 1 fully saturated rings. The van der Waals surface area contributed by atoms with E-state index in [0.29, 0.717) is 17.8 Å². The topological polar surface area (TPSA) is 21.3 Å². The zero-order valence-corrected chi connectivity index (χ0v) is 21.0. The minimum atomic E-state index is 0.376. The van der Waals surface area contributed by atoms with Gasteiger partial charge in [-0.3, -0.25) is 0 Å². The zero-order chi connectivity index (χ0) is 23.5. The number of nitrogens with one attached hydrogen (secondary N) is 1. The molecular formula is C32H39NO. The molecule has 0 amide bonds. The van der Waals surface area contributed by atoms with Crippen molar-refractivity contribution < 1.29 is 4.74 Å². The molecule has 5 rings (SSSR count). The number of rotatable bonds is 9. The van der Waals surface area contributed by atoms with Crippen molar-refractivity contribution in [1.29, 1.82) is 0 Å². The lowest BCUT2D eigenvalue weighted by Gasteiger charge is -2.35. The Morgan fingerprint density at radius 1 is 0.882 bits per heavy atom. The molecule has 0 heterocycles. The second kappa shape index (κ2) is 10.4. The summed E-state index contributed by atoms with van der Waals surface area (Å²) in [6.45, 7) is 6.81. The summed E-state index contributed by atoms with van der Waals surface area (Å²) in [5.41, 5.74) is 8.64. The van der Waals surface area contributed by atoms with Crippen LogP contribution < -0.4 is 10.1 Å². The first-order valence-corrected chi connectivity index (χ1v) is 13.2. The van der Waals surface area contributed by atoms with Gasteiger partial charge in [-0.1, -0.05) is 68.4 Å². The van der Waals surface area contributed by atoms with Crippen molar-refractivity contribution in [3.05, 3.63) is 100 Å². The van der Waals surface area contributed by atoms with E-state index in [1.807, 2.05) is 0 Å². The number of methoxy groups -OCH3 is 1. The largest absolute Gasteiger partial charge is 0.497 e. The first-order chi connectivity index (χ1) is 16.6. The minimum absolute atomic E-state index is 0.376. The molecule has 0 bridgehead atoms. The van der Waals surface area contributed by atoms with Crippen LogP contribution in [-0.2, 0) is 12.8 Å². The lowest BCUT2D eigenvalue weighted by Crippen LogP contribution is -2.21. The molecule has 0 spiro atoms. The molecule has 2 aliphatic rings. The Morgan fingerprint density at radius 3 is 2.29 bits per heavy atom. The van der Waals surface area contributed by atoms with Gasteiger partial charge < -0.3 is 10.1 Å². The highest BCUT2D eigenvalue weighted by Gasteiger charge is 2.32. The van der Waals surface area contributed by atoms with Crippen LogP contribution in [-0.4, -0.2) is 20.2 Å². The minimum Gasteiger partial charge on any atom is -0.497 e. The summed E-state index contributed by atoms with van der Waals surface area (Å²) in [6, 6.07) is 25.6. The molecule has 34 heavy (non-hydrogen) atoms. The third-order valence-electron chi connectivity index (χ3n) is 7.90. The summed E-state index contributed by atoms with van der Waals surface area (Å²) in [7, 11) is 1.76. The maximum atomic E-state index is 5.54. The molecule has 0 saturated heterocycles. The molecule has 0 aliphatic heterocycles. The molecule has 0 radical (unpaired) electrons. The van der Waals surface area contributed by atoms with E-state index >= 15 is 0 Å². The Kier molecular flexibility index (Phi) is 7.06. The highest BCUT2D eigenvalue weighted by molar-refractivity contribution is 5.48. The van der Waals surface area contributed by atoms with Crippen molar-refractivity contribution in [2.45, 2.75) is 63.7 Å². The Morgan fingerprint density at radius 2 is 1.62 bits per heavy atom. The van der Waals surface area contributed by atoms with E-state index in [0.717, 1.165) is 31.1 Å². The average molecular weight is 454 g/mol. The van der Waals surface area contributed by atoms with Gasteiger partial charge in [0.05, 0.1) is 7.11 Å². The fourth-order valence-electron chi connectivity index (χ4n) is 5.58. The molecule has 2 atom stereocenters. The van der Waals surface area contributed by atoms with Crippen LogP contribution in [0.25, 0.3) is 0 Å². The van der Waals surface area contributed by atoms with E-state index in [9.17, 15) is 0 Å². The third kappa shape index (κ3) is 5.23. The van der Waals surface area contributed by atoms with Crippen molar-refractivity contribution in [2.24, 2.45) is 5.92 Å². The van der Waals surface area contributed by atoms with Crippen LogP contribution in [0.5, 0.6) is 5.75 Å². The molecule has 0 unspecified atom stereocenters. The first-order valence-electron chi connectivity index (χ1n) is 13.2. The molecule has 2 aliphatic carbocycles. The molecule has 3 aromatic rings. The molecular weight excluding hydrogens is 414 g/mol. The number of ether oxygens (including phenoxy) is 1. The van der Waals surface area contributed by atoms with Gasteiger partial charge in [-0.15, -0.1) is 0 Å². The van der Waals surface area contributed by atoms with Gasteiger partial charge in [0.15, 0.2) is 0 Å². The number of hydrogen-bond donors (Lipinski definition) is 1. The van der Waals surface area contributed by atoms with Crippen molar-refractivity contribution >= 4 is 0 Å². The van der Waals surface area contributed by atoms with Gasteiger partial charge >= 0.3 is 0 Å². The van der Waals surface area contributed by atoms with E-state index in [1.165, 1.54) is 59.2 Å². The van der Waals surface area contributed by atoms with E-state index in [-0.39, 0.29) is 0 Å². The predicted molar refractivity (Wildman–Crippen MR) is 142 cm³/mol. The SMILES string of the molecule is COc1ccc2c(c1)CC[C@H](c1ccc(C(C)C)cc1)[C@@H]2c1ccc(CCNCC2CC2)cc1. The number of aryl methyl sites for hydroxylation is 1. The Bertz CT molecular complexity index is 1080. The van der Waals surface area contributed by atoms with Crippen molar-refractivity contribution in [1.82, 2.24) is 5.32 Å². The maximum Gasteiger partial charge on any atom is 0.119 e. The van der Waals surface area contributed by atoms with Crippen molar-refractivity contribution in [2.75, 3.05) is 20.2 Å². The van der Waals surface area contributed by atoms with E-state index in [4.69, 9.17) is 4.74 Å². The first kappa shape index (κ1) is 23.2.